The summed E-state index contributed by atoms with van der Waals surface area (Å²) in [4.78, 5) is 35.9. The van der Waals surface area contributed by atoms with Crippen LogP contribution < -0.4 is 5.56 Å². The fraction of sp³-hybridized carbons (Fsp3) is 0. The SMILES string of the molecule is O=C(c1cc[nH]c(=O)c1)c1cc(Cl)ccc1[N+](=O)[O-]. The minimum absolute atomic E-state index is 0.0640. The molecule has 7 heteroatoms. The molecule has 0 fully saturated rings. The summed E-state index contributed by atoms with van der Waals surface area (Å²) < 4.78 is 0. The number of nitro benzene ring substituents is 1. The largest absolute Gasteiger partial charge is 0.329 e. The number of hydrogen-bond acceptors (Lipinski definition) is 4. The molecule has 1 aromatic heterocycles. The van der Waals surface area contributed by atoms with Crippen LogP contribution in [0.1, 0.15) is 15.9 Å². The van der Waals surface area contributed by atoms with Crippen molar-refractivity contribution in [1.29, 1.82) is 0 Å². The zero-order valence-corrected chi connectivity index (χ0v) is 10.2. The average Bonchev–Trinajstić information content (AvgIpc) is 2.37. The minimum atomic E-state index is -0.670. The summed E-state index contributed by atoms with van der Waals surface area (Å²) in [5, 5.41) is 11.1. The number of pyridine rings is 1. The van der Waals surface area contributed by atoms with Crippen LogP contribution in [0.5, 0.6) is 0 Å². The Labute approximate surface area is 111 Å². The lowest BCUT2D eigenvalue weighted by Crippen LogP contribution is -2.10. The number of aromatic amines is 1. The minimum Gasteiger partial charge on any atom is -0.329 e. The first kappa shape index (κ1) is 13.0. The van der Waals surface area contributed by atoms with E-state index in [1.807, 2.05) is 0 Å². The molecule has 0 spiro atoms. The molecule has 2 rings (SSSR count). The van der Waals surface area contributed by atoms with E-state index in [-0.39, 0.29) is 21.8 Å². The van der Waals surface area contributed by atoms with Gasteiger partial charge in [0, 0.05) is 28.9 Å². The maximum atomic E-state index is 12.2. The Hall–Kier alpha value is -2.47. The van der Waals surface area contributed by atoms with Crippen LogP contribution in [0.15, 0.2) is 41.3 Å². The first-order valence-electron chi connectivity index (χ1n) is 5.16. The highest BCUT2D eigenvalue weighted by molar-refractivity contribution is 6.31. The van der Waals surface area contributed by atoms with Crippen LogP contribution in [0, 0.1) is 10.1 Å². The summed E-state index contributed by atoms with van der Waals surface area (Å²) in [6.07, 6.45) is 1.30. The molecule has 0 aliphatic rings. The third-order valence-electron chi connectivity index (χ3n) is 2.44. The first-order valence-corrected chi connectivity index (χ1v) is 5.54. The monoisotopic (exact) mass is 278 g/mol. The number of nitro groups is 1. The molecule has 0 saturated heterocycles. The zero-order valence-electron chi connectivity index (χ0n) is 9.42. The molecular formula is C12H7ClN2O4. The lowest BCUT2D eigenvalue weighted by Gasteiger charge is -2.02. The Morgan fingerprint density at radius 3 is 2.63 bits per heavy atom. The molecule has 19 heavy (non-hydrogen) atoms. The summed E-state index contributed by atoms with van der Waals surface area (Å²) in [6, 6.07) is 6.14. The molecule has 0 atom stereocenters. The number of H-pyrrole nitrogens is 1. The first-order chi connectivity index (χ1) is 8.99. The molecule has 2 aromatic rings. The topological polar surface area (TPSA) is 93.1 Å². The van der Waals surface area contributed by atoms with E-state index in [1.165, 1.54) is 24.4 Å². The van der Waals surface area contributed by atoms with E-state index in [4.69, 9.17) is 11.6 Å². The zero-order chi connectivity index (χ0) is 14.0. The van der Waals surface area contributed by atoms with Crippen LogP contribution in [0.4, 0.5) is 5.69 Å². The molecule has 0 unspecified atom stereocenters. The van der Waals surface area contributed by atoms with Gasteiger partial charge < -0.3 is 4.98 Å². The van der Waals surface area contributed by atoms with Crippen molar-refractivity contribution < 1.29 is 9.72 Å². The van der Waals surface area contributed by atoms with Crippen molar-refractivity contribution in [2.45, 2.75) is 0 Å². The van der Waals surface area contributed by atoms with Crippen LogP contribution in [-0.2, 0) is 0 Å². The number of nitrogens with one attached hydrogen (secondary N) is 1. The van der Waals surface area contributed by atoms with Crippen LogP contribution in [0.3, 0.4) is 0 Å². The molecule has 0 amide bonds. The molecule has 0 bridgehead atoms. The van der Waals surface area contributed by atoms with Gasteiger partial charge in [-0.25, -0.2) is 0 Å². The molecule has 0 aliphatic carbocycles. The van der Waals surface area contributed by atoms with Crippen LogP contribution in [0.2, 0.25) is 5.02 Å². The summed E-state index contributed by atoms with van der Waals surface area (Å²) in [5.41, 5.74) is -0.901. The molecule has 1 heterocycles. The van der Waals surface area contributed by atoms with E-state index >= 15 is 0 Å². The van der Waals surface area contributed by atoms with Gasteiger partial charge in [-0.05, 0) is 18.2 Å². The molecule has 1 aromatic carbocycles. The number of halogens is 1. The van der Waals surface area contributed by atoms with E-state index in [1.54, 1.807) is 0 Å². The summed E-state index contributed by atoms with van der Waals surface area (Å²) in [6.45, 7) is 0. The number of hydrogen-bond donors (Lipinski definition) is 1. The van der Waals surface area contributed by atoms with Gasteiger partial charge in [0.05, 0.1) is 4.92 Å². The van der Waals surface area contributed by atoms with Gasteiger partial charge in [-0.2, -0.15) is 0 Å². The number of benzene rings is 1. The van der Waals surface area contributed by atoms with Crippen LogP contribution >= 0.6 is 11.6 Å². The van der Waals surface area contributed by atoms with E-state index in [0.29, 0.717) is 0 Å². The van der Waals surface area contributed by atoms with Gasteiger partial charge in [0.1, 0.15) is 5.56 Å². The van der Waals surface area contributed by atoms with Crippen molar-refractivity contribution >= 4 is 23.1 Å². The smallest absolute Gasteiger partial charge is 0.280 e. The second-order valence-electron chi connectivity index (χ2n) is 3.69. The fourth-order valence-electron chi connectivity index (χ4n) is 1.59. The third-order valence-corrected chi connectivity index (χ3v) is 2.67. The van der Waals surface area contributed by atoms with Gasteiger partial charge in [-0.1, -0.05) is 11.6 Å². The van der Waals surface area contributed by atoms with Crippen molar-refractivity contribution in [3.63, 3.8) is 0 Å². The molecule has 0 saturated carbocycles. The fourth-order valence-corrected chi connectivity index (χ4v) is 1.76. The van der Waals surface area contributed by atoms with E-state index in [9.17, 15) is 19.7 Å². The second-order valence-corrected chi connectivity index (χ2v) is 4.13. The standard InChI is InChI=1S/C12H7ClN2O4/c13-8-1-2-10(15(18)19)9(6-8)12(17)7-3-4-14-11(16)5-7/h1-6H,(H,14,16). The maximum Gasteiger partial charge on any atom is 0.280 e. The lowest BCUT2D eigenvalue weighted by atomic mass is 10.0. The molecule has 1 N–H and O–H groups in total. The Bertz CT molecular complexity index is 724. The highest BCUT2D eigenvalue weighted by Crippen LogP contribution is 2.24. The second kappa shape index (κ2) is 5.03. The van der Waals surface area contributed by atoms with Crippen LogP contribution in [0.25, 0.3) is 0 Å². The van der Waals surface area contributed by atoms with Crippen molar-refractivity contribution in [3.8, 4) is 0 Å². The predicted octanol–water partition coefficient (Wildman–Crippen LogP) is 2.17. The summed E-state index contributed by atoms with van der Waals surface area (Å²) >= 11 is 5.74. The molecule has 6 nitrogen and oxygen atoms in total. The van der Waals surface area contributed by atoms with Crippen molar-refractivity contribution in [2.24, 2.45) is 0 Å². The van der Waals surface area contributed by atoms with E-state index in [2.05, 4.69) is 4.98 Å². The molecule has 0 aliphatic heterocycles. The van der Waals surface area contributed by atoms with Gasteiger partial charge >= 0.3 is 0 Å². The number of rotatable bonds is 3. The quantitative estimate of drug-likeness (QED) is 0.529. The van der Waals surface area contributed by atoms with Crippen molar-refractivity contribution in [3.05, 3.63) is 73.1 Å². The van der Waals surface area contributed by atoms with Crippen molar-refractivity contribution in [2.75, 3.05) is 0 Å². The molecule has 0 radical (unpaired) electrons. The average molecular weight is 279 g/mol. The Morgan fingerprint density at radius 2 is 2.00 bits per heavy atom. The van der Waals surface area contributed by atoms with E-state index < -0.39 is 16.3 Å². The highest BCUT2D eigenvalue weighted by atomic mass is 35.5. The van der Waals surface area contributed by atoms with Gasteiger partial charge in [-0.15, -0.1) is 0 Å². The molecule has 96 valence electrons. The number of nitrogens with zero attached hydrogens (tertiary/aromatic N) is 1. The highest BCUT2D eigenvalue weighted by Gasteiger charge is 2.21. The number of carbonyl (C=O) groups excluding carboxylic acids is 1. The number of aromatic nitrogens is 1. The van der Waals surface area contributed by atoms with E-state index in [0.717, 1.165) is 12.1 Å². The Kier molecular flexibility index (Phi) is 3.43. The number of carbonyl (C=O) groups is 1. The Balaban J connectivity index is 2.58. The van der Waals surface area contributed by atoms with Gasteiger partial charge in [0.25, 0.3) is 5.69 Å². The van der Waals surface area contributed by atoms with Crippen molar-refractivity contribution in [1.82, 2.24) is 4.98 Å². The van der Waals surface area contributed by atoms with Crippen LogP contribution in [-0.4, -0.2) is 15.7 Å². The number of ketones is 1. The Morgan fingerprint density at radius 1 is 1.26 bits per heavy atom. The normalized spacial score (nSPS) is 10.2. The van der Waals surface area contributed by atoms with Gasteiger partial charge in [0.15, 0.2) is 5.78 Å². The molecular weight excluding hydrogens is 272 g/mol. The summed E-state index contributed by atoms with van der Waals surface area (Å²) in [5.74, 6) is -0.625. The predicted molar refractivity (Wildman–Crippen MR) is 68.6 cm³/mol. The van der Waals surface area contributed by atoms with Gasteiger partial charge in [0.2, 0.25) is 5.56 Å². The summed E-state index contributed by atoms with van der Waals surface area (Å²) in [7, 11) is 0. The maximum absolute atomic E-state index is 12.2. The third kappa shape index (κ3) is 2.69. The van der Waals surface area contributed by atoms with Gasteiger partial charge in [-0.3, -0.25) is 19.7 Å². The lowest BCUT2D eigenvalue weighted by molar-refractivity contribution is -0.385.